The third-order valence-electron chi connectivity index (χ3n) is 5.99. The standard InChI is InChI=1S/C24H26ClN3O3/c1-31-18-12-10-16(11-13-18)22-14-21(19-8-4-5-9-20(19)25)27-28(22)23(29)15-26-24(30)17-6-2-3-7-17/h4-5,8-13,17,22H,2-3,6-7,14-15H2,1H3,(H,26,30)/t22-/m1/s1. The van der Waals surface area contributed by atoms with Gasteiger partial charge >= 0.3 is 0 Å². The number of halogens is 1. The first-order valence-electron chi connectivity index (χ1n) is 10.6. The van der Waals surface area contributed by atoms with Crippen molar-refractivity contribution < 1.29 is 14.3 Å². The highest BCUT2D eigenvalue weighted by atomic mass is 35.5. The number of rotatable bonds is 6. The number of methoxy groups -OCH3 is 1. The van der Waals surface area contributed by atoms with Crippen molar-refractivity contribution in [3.63, 3.8) is 0 Å². The summed E-state index contributed by atoms with van der Waals surface area (Å²) in [5.41, 5.74) is 2.51. The summed E-state index contributed by atoms with van der Waals surface area (Å²) in [7, 11) is 1.62. The van der Waals surface area contributed by atoms with Crippen LogP contribution in [0.1, 0.15) is 49.3 Å². The Balaban J connectivity index is 1.55. The Kier molecular flexibility index (Phi) is 6.56. The fraction of sp³-hybridized carbons (Fsp3) is 0.375. The third kappa shape index (κ3) is 4.74. The Morgan fingerprint density at radius 1 is 1.13 bits per heavy atom. The van der Waals surface area contributed by atoms with Gasteiger partial charge < -0.3 is 10.1 Å². The number of hydrogen-bond donors (Lipinski definition) is 1. The number of nitrogens with one attached hydrogen (secondary N) is 1. The zero-order valence-electron chi connectivity index (χ0n) is 17.5. The van der Waals surface area contributed by atoms with Gasteiger partial charge in [0.2, 0.25) is 5.91 Å². The summed E-state index contributed by atoms with van der Waals surface area (Å²) in [5.74, 6) is 0.484. The number of carbonyl (C=O) groups excluding carboxylic acids is 2. The van der Waals surface area contributed by atoms with E-state index < -0.39 is 0 Å². The zero-order chi connectivity index (χ0) is 21.8. The normalized spacial score (nSPS) is 18.7. The minimum atomic E-state index is -0.270. The van der Waals surface area contributed by atoms with Gasteiger partial charge in [-0.05, 0) is 36.6 Å². The predicted octanol–water partition coefficient (Wildman–Crippen LogP) is 4.33. The molecule has 0 aromatic heterocycles. The van der Waals surface area contributed by atoms with Crippen molar-refractivity contribution >= 4 is 29.1 Å². The van der Waals surface area contributed by atoms with Gasteiger partial charge in [0.15, 0.2) is 0 Å². The van der Waals surface area contributed by atoms with E-state index in [0.717, 1.165) is 48.3 Å². The lowest BCUT2D eigenvalue weighted by Gasteiger charge is -2.22. The average Bonchev–Trinajstić information content (AvgIpc) is 3.48. The van der Waals surface area contributed by atoms with Crippen molar-refractivity contribution in [3.8, 4) is 5.75 Å². The van der Waals surface area contributed by atoms with Gasteiger partial charge in [-0.15, -0.1) is 0 Å². The lowest BCUT2D eigenvalue weighted by Crippen LogP contribution is -2.39. The summed E-state index contributed by atoms with van der Waals surface area (Å²) in [6.45, 7) is -0.0682. The highest BCUT2D eigenvalue weighted by molar-refractivity contribution is 6.34. The molecule has 1 aliphatic carbocycles. The molecule has 0 radical (unpaired) electrons. The number of hydrogen-bond acceptors (Lipinski definition) is 4. The molecule has 1 fully saturated rings. The molecule has 1 heterocycles. The molecule has 0 unspecified atom stereocenters. The molecule has 7 heteroatoms. The molecular weight excluding hydrogens is 414 g/mol. The number of carbonyl (C=O) groups is 2. The molecule has 2 aliphatic rings. The van der Waals surface area contributed by atoms with Gasteiger partial charge in [0.05, 0.1) is 25.4 Å². The van der Waals surface area contributed by atoms with Gasteiger partial charge in [-0.1, -0.05) is 54.8 Å². The van der Waals surface area contributed by atoms with Gasteiger partial charge in [-0.3, -0.25) is 9.59 Å². The van der Waals surface area contributed by atoms with Crippen molar-refractivity contribution in [3.05, 3.63) is 64.7 Å². The second-order valence-corrected chi connectivity index (χ2v) is 8.36. The van der Waals surface area contributed by atoms with Gasteiger partial charge in [0.1, 0.15) is 5.75 Å². The Hall–Kier alpha value is -2.86. The third-order valence-corrected chi connectivity index (χ3v) is 6.32. The molecule has 1 saturated carbocycles. The monoisotopic (exact) mass is 439 g/mol. The Morgan fingerprint density at radius 2 is 1.84 bits per heavy atom. The molecule has 31 heavy (non-hydrogen) atoms. The summed E-state index contributed by atoms with van der Waals surface area (Å²) >= 11 is 6.38. The van der Waals surface area contributed by atoms with Gasteiger partial charge in [0, 0.05) is 22.9 Å². The van der Waals surface area contributed by atoms with E-state index in [1.54, 1.807) is 7.11 Å². The lowest BCUT2D eigenvalue weighted by atomic mass is 9.98. The van der Waals surface area contributed by atoms with E-state index in [2.05, 4.69) is 10.4 Å². The van der Waals surface area contributed by atoms with Crippen LogP contribution >= 0.6 is 11.6 Å². The van der Waals surface area contributed by atoms with E-state index >= 15 is 0 Å². The van der Waals surface area contributed by atoms with E-state index in [1.807, 2.05) is 48.5 Å². The van der Waals surface area contributed by atoms with Crippen LogP contribution in [-0.4, -0.2) is 36.2 Å². The highest BCUT2D eigenvalue weighted by Gasteiger charge is 2.34. The minimum Gasteiger partial charge on any atom is -0.497 e. The largest absolute Gasteiger partial charge is 0.497 e. The van der Waals surface area contributed by atoms with Gasteiger partial charge in [0.25, 0.3) is 5.91 Å². The Bertz CT molecular complexity index is 984. The van der Waals surface area contributed by atoms with Crippen LogP contribution in [0.2, 0.25) is 5.02 Å². The number of ether oxygens (including phenoxy) is 1. The predicted molar refractivity (Wildman–Crippen MR) is 120 cm³/mol. The molecule has 0 spiro atoms. The molecule has 2 amide bonds. The van der Waals surface area contributed by atoms with Crippen molar-refractivity contribution in [2.75, 3.05) is 13.7 Å². The van der Waals surface area contributed by atoms with Crippen molar-refractivity contribution in [1.82, 2.24) is 10.3 Å². The van der Waals surface area contributed by atoms with Crippen LogP contribution in [0, 0.1) is 5.92 Å². The van der Waals surface area contributed by atoms with Crippen molar-refractivity contribution in [2.24, 2.45) is 11.0 Å². The van der Waals surface area contributed by atoms with Crippen LogP contribution in [0.5, 0.6) is 5.75 Å². The first-order chi connectivity index (χ1) is 15.1. The van der Waals surface area contributed by atoms with Gasteiger partial charge in [-0.2, -0.15) is 5.10 Å². The molecular formula is C24H26ClN3O3. The first-order valence-corrected chi connectivity index (χ1v) is 11.0. The van der Waals surface area contributed by atoms with E-state index in [-0.39, 0.29) is 30.3 Å². The molecule has 1 atom stereocenters. The Morgan fingerprint density at radius 3 is 2.52 bits per heavy atom. The molecule has 2 aromatic rings. The maximum atomic E-state index is 13.1. The molecule has 0 bridgehead atoms. The summed E-state index contributed by atoms with van der Waals surface area (Å²) in [6, 6.07) is 14.8. The van der Waals surface area contributed by atoms with Crippen LogP contribution in [0.4, 0.5) is 0 Å². The van der Waals surface area contributed by atoms with Crippen LogP contribution in [-0.2, 0) is 9.59 Å². The van der Waals surface area contributed by atoms with E-state index in [9.17, 15) is 9.59 Å². The minimum absolute atomic E-state index is 0.0194. The zero-order valence-corrected chi connectivity index (χ0v) is 18.3. The summed E-state index contributed by atoms with van der Waals surface area (Å²) in [6.07, 6.45) is 4.48. The maximum absolute atomic E-state index is 13.1. The molecule has 1 aliphatic heterocycles. The average molecular weight is 440 g/mol. The second-order valence-electron chi connectivity index (χ2n) is 7.96. The number of benzene rings is 2. The maximum Gasteiger partial charge on any atom is 0.262 e. The van der Waals surface area contributed by atoms with Crippen LogP contribution in [0.3, 0.4) is 0 Å². The molecule has 2 aromatic carbocycles. The molecule has 162 valence electrons. The number of hydrazone groups is 1. The lowest BCUT2D eigenvalue weighted by molar-refractivity contribution is -0.135. The van der Waals surface area contributed by atoms with Crippen molar-refractivity contribution in [2.45, 2.75) is 38.1 Å². The van der Waals surface area contributed by atoms with Crippen molar-refractivity contribution in [1.29, 1.82) is 0 Å². The van der Waals surface area contributed by atoms with Gasteiger partial charge in [-0.25, -0.2) is 5.01 Å². The molecule has 1 N–H and O–H groups in total. The smallest absolute Gasteiger partial charge is 0.262 e. The quantitative estimate of drug-likeness (QED) is 0.728. The fourth-order valence-electron chi connectivity index (χ4n) is 4.26. The van der Waals surface area contributed by atoms with E-state index in [4.69, 9.17) is 16.3 Å². The number of nitrogens with zero attached hydrogens (tertiary/aromatic N) is 2. The molecule has 6 nitrogen and oxygen atoms in total. The summed E-state index contributed by atoms with van der Waals surface area (Å²) < 4.78 is 5.25. The first kappa shape index (κ1) is 21.4. The second kappa shape index (κ2) is 9.52. The molecule has 0 saturated heterocycles. The van der Waals surface area contributed by atoms with Crippen LogP contribution in [0.15, 0.2) is 53.6 Å². The summed E-state index contributed by atoms with van der Waals surface area (Å²) in [5, 5.41) is 9.52. The summed E-state index contributed by atoms with van der Waals surface area (Å²) in [4.78, 5) is 25.4. The van der Waals surface area contributed by atoms with E-state index in [0.29, 0.717) is 11.4 Å². The van der Waals surface area contributed by atoms with E-state index in [1.165, 1.54) is 5.01 Å². The van der Waals surface area contributed by atoms with Crippen LogP contribution in [0.25, 0.3) is 0 Å². The topological polar surface area (TPSA) is 71.0 Å². The molecule has 4 rings (SSSR count). The number of amides is 2. The fourth-order valence-corrected chi connectivity index (χ4v) is 4.50. The Labute approximate surface area is 187 Å². The van der Waals surface area contributed by atoms with Crippen LogP contribution < -0.4 is 10.1 Å². The highest BCUT2D eigenvalue weighted by Crippen LogP contribution is 2.35. The SMILES string of the molecule is COc1ccc([C@H]2CC(c3ccccc3Cl)=NN2C(=O)CNC(=O)C2CCCC2)cc1.